The maximum absolute atomic E-state index is 5.49. The van der Waals surface area contributed by atoms with E-state index in [-0.39, 0.29) is 6.04 Å². The summed E-state index contributed by atoms with van der Waals surface area (Å²) in [5.74, 6) is 0.692. The number of hydrogen-bond donors (Lipinski definition) is 1. The standard InChI is InChI=1S/C5H10N4/c1-4(6)5-7-3-9(2)8-5/h3-4H,6H2,1-2H3/t4-/m0/s1. The highest BCUT2D eigenvalue weighted by molar-refractivity contribution is 4.86. The van der Waals surface area contributed by atoms with Crippen LogP contribution in [-0.2, 0) is 7.05 Å². The third-order valence-electron chi connectivity index (χ3n) is 1.02. The molecule has 0 amide bonds. The van der Waals surface area contributed by atoms with Gasteiger partial charge in [0.15, 0.2) is 5.82 Å². The topological polar surface area (TPSA) is 56.7 Å². The molecule has 0 unspecified atom stereocenters. The van der Waals surface area contributed by atoms with E-state index in [1.54, 1.807) is 11.0 Å². The predicted molar refractivity (Wildman–Crippen MR) is 33.6 cm³/mol. The number of nitrogens with two attached hydrogens (primary N) is 1. The summed E-state index contributed by atoms with van der Waals surface area (Å²) in [5.41, 5.74) is 5.49. The third kappa shape index (κ3) is 1.26. The van der Waals surface area contributed by atoms with Crippen molar-refractivity contribution in [2.75, 3.05) is 0 Å². The fraction of sp³-hybridized carbons (Fsp3) is 0.600. The molecule has 50 valence electrons. The van der Waals surface area contributed by atoms with E-state index in [0.717, 1.165) is 0 Å². The second-order valence-corrected chi connectivity index (χ2v) is 2.07. The zero-order valence-corrected chi connectivity index (χ0v) is 5.57. The molecule has 9 heavy (non-hydrogen) atoms. The number of aryl methyl sites for hydroxylation is 1. The molecule has 0 radical (unpaired) electrons. The molecular weight excluding hydrogens is 116 g/mol. The van der Waals surface area contributed by atoms with Gasteiger partial charge in [-0.2, -0.15) is 5.10 Å². The minimum atomic E-state index is -0.0637. The predicted octanol–water partition coefficient (Wildman–Crippen LogP) is -0.165. The van der Waals surface area contributed by atoms with Crippen LogP contribution in [0.15, 0.2) is 6.33 Å². The normalized spacial score (nSPS) is 13.7. The van der Waals surface area contributed by atoms with E-state index in [4.69, 9.17) is 5.73 Å². The zero-order valence-electron chi connectivity index (χ0n) is 5.57. The van der Waals surface area contributed by atoms with Crippen molar-refractivity contribution in [2.24, 2.45) is 12.8 Å². The molecule has 0 aliphatic carbocycles. The molecule has 1 heterocycles. The van der Waals surface area contributed by atoms with Crippen LogP contribution < -0.4 is 5.73 Å². The van der Waals surface area contributed by atoms with Crippen molar-refractivity contribution in [2.45, 2.75) is 13.0 Å². The largest absolute Gasteiger partial charge is 0.321 e. The fourth-order valence-corrected chi connectivity index (χ4v) is 0.565. The second kappa shape index (κ2) is 2.14. The lowest BCUT2D eigenvalue weighted by molar-refractivity contribution is 0.693. The highest BCUT2D eigenvalue weighted by Gasteiger charge is 2.01. The second-order valence-electron chi connectivity index (χ2n) is 2.07. The maximum atomic E-state index is 5.49. The maximum Gasteiger partial charge on any atom is 0.166 e. The lowest BCUT2D eigenvalue weighted by Gasteiger charge is -1.94. The number of nitrogens with zero attached hydrogens (tertiary/aromatic N) is 3. The Labute approximate surface area is 53.7 Å². The molecule has 0 saturated heterocycles. The Bertz CT molecular complexity index is 191. The molecular formula is C5H10N4. The quantitative estimate of drug-likeness (QED) is 0.568. The lowest BCUT2D eigenvalue weighted by atomic mass is 10.4. The van der Waals surface area contributed by atoms with Crippen LogP contribution in [0.4, 0.5) is 0 Å². The molecule has 1 aromatic heterocycles. The first-order valence-corrected chi connectivity index (χ1v) is 2.81. The highest BCUT2D eigenvalue weighted by atomic mass is 15.3. The van der Waals surface area contributed by atoms with Crippen molar-refractivity contribution in [3.8, 4) is 0 Å². The van der Waals surface area contributed by atoms with Gasteiger partial charge < -0.3 is 5.73 Å². The first-order valence-electron chi connectivity index (χ1n) is 2.81. The van der Waals surface area contributed by atoms with E-state index in [1.807, 2.05) is 14.0 Å². The van der Waals surface area contributed by atoms with Gasteiger partial charge in [0.1, 0.15) is 6.33 Å². The summed E-state index contributed by atoms with van der Waals surface area (Å²) in [5, 5.41) is 3.99. The van der Waals surface area contributed by atoms with Gasteiger partial charge in [-0.3, -0.25) is 4.68 Å². The van der Waals surface area contributed by atoms with Gasteiger partial charge in [0.25, 0.3) is 0 Å². The number of hydrogen-bond acceptors (Lipinski definition) is 3. The molecule has 2 N–H and O–H groups in total. The monoisotopic (exact) mass is 126 g/mol. The van der Waals surface area contributed by atoms with Crippen molar-refractivity contribution in [3.63, 3.8) is 0 Å². The van der Waals surface area contributed by atoms with E-state index >= 15 is 0 Å². The summed E-state index contributed by atoms with van der Waals surface area (Å²) in [7, 11) is 1.82. The molecule has 0 saturated carbocycles. The fourth-order valence-electron chi connectivity index (χ4n) is 0.565. The van der Waals surface area contributed by atoms with Gasteiger partial charge in [-0.15, -0.1) is 0 Å². The Balaban J connectivity index is 2.85. The SMILES string of the molecule is C[C@H](N)c1ncn(C)n1. The molecule has 4 heteroatoms. The van der Waals surface area contributed by atoms with Gasteiger partial charge in [-0.05, 0) is 6.92 Å². The van der Waals surface area contributed by atoms with Crippen LogP contribution in [-0.4, -0.2) is 14.8 Å². The minimum Gasteiger partial charge on any atom is -0.321 e. The first kappa shape index (κ1) is 6.22. The van der Waals surface area contributed by atoms with Crippen LogP contribution >= 0.6 is 0 Å². The van der Waals surface area contributed by atoms with Crippen LogP contribution in [0.1, 0.15) is 18.8 Å². The van der Waals surface area contributed by atoms with Crippen LogP contribution in [0.3, 0.4) is 0 Å². The average Bonchev–Trinajstić information content (AvgIpc) is 2.14. The summed E-state index contributed by atoms with van der Waals surface area (Å²) in [4.78, 5) is 3.94. The summed E-state index contributed by atoms with van der Waals surface area (Å²) in [6, 6.07) is -0.0637. The van der Waals surface area contributed by atoms with Gasteiger partial charge in [0.05, 0.1) is 6.04 Å². The molecule has 4 nitrogen and oxygen atoms in total. The van der Waals surface area contributed by atoms with E-state index in [2.05, 4.69) is 10.1 Å². The van der Waals surface area contributed by atoms with Crippen molar-refractivity contribution in [1.82, 2.24) is 14.8 Å². The van der Waals surface area contributed by atoms with Gasteiger partial charge in [-0.1, -0.05) is 0 Å². The van der Waals surface area contributed by atoms with Gasteiger partial charge in [0.2, 0.25) is 0 Å². The van der Waals surface area contributed by atoms with E-state index < -0.39 is 0 Å². The molecule has 0 aliphatic heterocycles. The van der Waals surface area contributed by atoms with E-state index in [1.165, 1.54) is 0 Å². The molecule has 1 aromatic rings. The summed E-state index contributed by atoms with van der Waals surface area (Å²) in [6.07, 6.45) is 1.64. The Morgan fingerprint density at radius 1 is 1.78 bits per heavy atom. The summed E-state index contributed by atoms with van der Waals surface area (Å²) < 4.78 is 1.64. The highest BCUT2D eigenvalue weighted by Crippen LogP contribution is 1.98. The average molecular weight is 126 g/mol. The first-order chi connectivity index (χ1) is 4.20. The minimum absolute atomic E-state index is 0.0637. The molecule has 0 bridgehead atoms. The van der Waals surface area contributed by atoms with Crippen LogP contribution in [0.2, 0.25) is 0 Å². The Morgan fingerprint density at radius 3 is 2.67 bits per heavy atom. The van der Waals surface area contributed by atoms with Crippen molar-refractivity contribution in [1.29, 1.82) is 0 Å². The smallest absolute Gasteiger partial charge is 0.166 e. The summed E-state index contributed by atoms with van der Waals surface area (Å²) >= 11 is 0. The molecule has 0 aliphatic rings. The zero-order chi connectivity index (χ0) is 6.85. The number of rotatable bonds is 1. The lowest BCUT2D eigenvalue weighted by Crippen LogP contribution is -2.07. The van der Waals surface area contributed by atoms with Crippen molar-refractivity contribution in [3.05, 3.63) is 12.2 Å². The van der Waals surface area contributed by atoms with Crippen LogP contribution in [0.5, 0.6) is 0 Å². The van der Waals surface area contributed by atoms with Crippen LogP contribution in [0.25, 0.3) is 0 Å². The van der Waals surface area contributed by atoms with Crippen molar-refractivity contribution >= 4 is 0 Å². The van der Waals surface area contributed by atoms with Gasteiger partial charge in [-0.25, -0.2) is 4.98 Å². The molecule has 0 aromatic carbocycles. The Morgan fingerprint density at radius 2 is 2.44 bits per heavy atom. The third-order valence-corrected chi connectivity index (χ3v) is 1.02. The van der Waals surface area contributed by atoms with Gasteiger partial charge in [0, 0.05) is 7.05 Å². The van der Waals surface area contributed by atoms with Gasteiger partial charge >= 0.3 is 0 Å². The van der Waals surface area contributed by atoms with E-state index in [9.17, 15) is 0 Å². The molecule has 0 fully saturated rings. The summed E-state index contributed by atoms with van der Waals surface area (Å²) in [6.45, 7) is 1.86. The van der Waals surface area contributed by atoms with Crippen molar-refractivity contribution < 1.29 is 0 Å². The number of aromatic nitrogens is 3. The van der Waals surface area contributed by atoms with E-state index in [0.29, 0.717) is 5.82 Å². The molecule has 1 atom stereocenters. The Kier molecular flexibility index (Phi) is 1.48. The Hall–Kier alpha value is -0.900. The molecule has 1 rings (SSSR count). The van der Waals surface area contributed by atoms with Crippen LogP contribution in [0, 0.1) is 0 Å². The molecule has 0 spiro atoms.